The van der Waals surface area contributed by atoms with E-state index in [0.29, 0.717) is 10.9 Å². The SMILES string of the molecule is Cc1nc(-c2ccsc2)sc1C(=O)Nc1ccc(-c2nnnn2C2CC2)cc1. The topological polar surface area (TPSA) is 85.6 Å². The number of aromatic nitrogens is 5. The van der Waals surface area contributed by atoms with Gasteiger partial charge in [0, 0.05) is 22.2 Å². The maximum absolute atomic E-state index is 12.7. The van der Waals surface area contributed by atoms with Crippen molar-refractivity contribution in [1.29, 1.82) is 0 Å². The summed E-state index contributed by atoms with van der Waals surface area (Å²) < 4.78 is 1.88. The van der Waals surface area contributed by atoms with Gasteiger partial charge in [-0.1, -0.05) is 0 Å². The van der Waals surface area contributed by atoms with E-state index in [1.54, 1.807) is 11.3 Å². The second-order valence-electron chi connectivity index (χ2n) is 6.66. The fraction of sp³-hybridized carbons (Fsp3) is 0.211. The summed E-state index contributed by atoms with van der Waals surface area (Å²) in [5.74, 6) is 0.617. The minimum atomic E-state index is -0.146. The van der Waals surface area contributed by atoms with Crippen molar-refractivity contribution in [2.45, 2.75) is 25.8 Å². The van der Waals surface area contributed by atoms with Crippen molar-refractivity contribution < 1.29 is 4.79 Å². The van der Waals surface area contributed by atoms with Crippen molar-refractivity contribution in [3.8, 4) is 22.0 Å². The predicted molar refractivity (Wildman–Crippen MR) is 110 cm³/mol. The van der Waals surface area contributed by atoms with Crippen LogP contribution >= 0.6 is 22.7 Å². The van der Waals surface area contributed by atoms with Crippen LogP contribution in [0.2, 0.25) is 0 Å². The lowest BCUT2D eigenvalue weighted by atomic mass is 10.2. The third kappa shape index (κ3) is 3.23. The second kappa shape index (κ2) is 6.92. The Morgan fingerprint density at radius 1 is 1.18 bits per heavy atom. The first-order chi connectivity index (χ1) is 13.7. The fourth-order valence-corrected chi connectivity index (χ4v) is 4.63. The number of thiophene rings is 1. The van der Waals surface area contributed by atoms with Crippen LogP contribution in [0.4, 0.5) is 5.69 Å². The molecule has 3 heterocycles. The number of amides is 1. The van der Waals surface area contributed by atoms with Crippen molar-refractivity contribution in [3.05, 3.63) is 51.7 Å². The van der Waals surface area contributed by atoms with E-state index in [9.17, 15) is 4.79 Å². The van der Waals surface area contributed by atoms with Gasteiger partial charge in [0.15, 0.2) is 5.82 Å². The van der Waals surface area contributed by atoms with E-state index >= 15 is 0 Å². The summed E-state index contributed by atoms with van der Waals surface area (Å²) in [5, 5.41) is 19.9. The Kier molecular flexibility index (Phi) is 4.25. The second-order valence-corrected chi connectivity index (χ2v) is 8.43. The van der Waals surface area contributed by atoms with Crippen LogP contribution in [0.5, 0.6) is 0 Å². The van der Waals surface area contributed by atoms with Crippen molar-refractivity contribution in [1.82, 2.24) is 25.2 Å². The Hall–Kier alpha value is -2.91. The summed E-state index contributed by atoms with van der Waals surface area (Å²) in [6.45, 7) is 1.86. The number of carbonyl (C=O) groups is 1. The van der Waals surface area contributed by atoms with Gasteiger partial charge in [-0.2, -0.15) is 11.3 Å². The van der Waals surface area contributed by atoms with Gasteiger partial charge in [0.05, 0.1) is 11.7 Å². The van der Waals surface area contributed by atoms with Gasteiger partial charge in [-0.15, -0.1) is 16.4 Å². The molecule has 1 saturated carbocycles. The highest BCUT2D eigenvalue weighted by atomic mass is 32.1. The monoisotopic (exact) mass is 408 g/mol. The molecule has 1 N–H and O–H groups in total. The number of benzene rings is 1. The Labute approximate surface area is 169 Å². The summed E-state index contributed by atoms with van der Waals surface area (Å²) in [5.41, 5.74) is 3.45. The van der Waals surface area contributed by atoms with Gasteiger partial charge in [-0.05, 0) is 65.9 Å². The van der Waals surface area contributed by atoms with Crippen LogP contribution in [0.25, 0.3) is 22.0 Å². The molecule has 5 rings (SSSR count). The molecule has 28 heavy (non-hydrogen) atoms. The Balaban J connectivity index is 1.34. The first-order valence-corrected chi connectivity index (χ1v) is 10.6. The van der Waals surface area contributed by atoms with Crippen molar-refractivity contribution in [2.75, 3.05) is 5.32 Å². The highest BCUT2D eigenvalue weighted by molar-refractivity contribution is 7.17. The van der Waals surface area contributed by atoms with Crippen LogP contribution in [0.15, 0.2) is 41.1 Å². The summed E-state index contributed by atoms with van der Waals surface area (Å²) in [4.78, 5) is 17.9. The van der Waals surface area contributed by atoms with Crippen LogP contribution in [0, 0.1) is 6.92 Å². The molecule has 1 aliphatic rings. The maximum atomic E-state index is 12.7. The molecule has 0 bridgehead atoms. The van der Waals surface area contributed by atoms with Crippen molar-refractivity contribution in [3.63, 3.8) is 0 Å². The molecule has 7 nitrogen and oxygen atoms in total. The number of nitrogens with zero attached hydrogens (tertiary/aromatic N) is 5. The third-order valence-corrected chi connectivity index (χ3v) is 6.45. The molecule has 0 atom stereocenters. The van der Waals surface area contributed by atoms with E-state index in [0.717, 1.165) is 46.2 Å². The smallest absolute Gasteiger partial charge is 0.267 e. The molecule has 0 radical (unpaired) electrons. The van der Waals surface area contributed by atoms with Gasteiger partial charge in [0.1, 0.15) is 9.88 Å². The lowest BCUT2D eigenvalue weighted by Crippen LogP contribution is -2.11. The van der Waals surface area contributed by atoms with Crippen LogP contribution in [0.3, 0.4) is 0 Å². The third-order valence-electron chi connectivity index (χ3n) is 4.56. The fourth-order valence-electron chi connectivity index (χ4n) is 2.96. The Bertz CT molecular complexity index is 1130. The Morgan fingerprint density at radius 3 is 2.71 bits per heavy atom. The number of hydrogen-bond acceptors (Lipinski definition) is 7. The number of tetrazole rings is 1. The minimum absolute atomic E-state index is 0.146. The van der Waals surface area contributed by atoms with Crippen molar-refractivity contribution in [2.24, 2.45) is 0 Å². The molecule has 0 saturated heterocycles. The zero-order valence-electron chi connectivity index (χ0n) is 15.0. The molecular formula is C19H16N6OS2. The normalized spacial score (nSPS) is 13.6. The molecule has 1 amide bonds. The Morgan fingerprint density at radius 2 is 2.00 bits per heavy atom. The summed E-state index contributed by atoms with van der Waals surface area (Å²) in [6, 6.07) is 10.0. The zero-order chi connectivity index (χ0) is 19.1. The average molecular weight is 409 g/mol. The summed E-state index contributed by atoms with van der Waals surface area (Å²) in [6.07, 6.45) is 2.24. The quantitative estimate of drug-likeness (QED) is 0.528. The molecule has 0 unspecified atom stereocenters. The van der Waals surface area contributed by atoms with Crippen LogP contribution in [-0.2, 0) is 0 Å². The highest BCUT2D eigenvalue weighted by Crippen LogP contribution is 2.36. The van der Waals surface area contributed by atoms with Crippen LogP contribution in [0.1, 0.15) is 34.2 Å². The van der Waals surface area contributed by atoms with Gasteiger partial charge in [-0.3, -0.25) is 4.79 Å². The van der Waals surface area contributed by atoms with Gasteiger partial charge < -0.3 is 5.32 Å². The lowest BCUT2D eigenvalue weighted by molar-refractivity contribution is 0.103. The molecule has 0 aliphatic heterocycles. The van der Waals surface area contributed by atoms with Crippen LogP contribution in [-0.4, -0.2) is 31.1 Å². The summed E-state index contributed by atoms with van der Waals surface area (Å²) in [7, 11) is 0. The number of thiazole rings is 1. The molecule has 0 spiro atoms. The van der Waals surface area contributed by atoms with Crippen molar-refractivity contribution >= 4 is 34.3 Å². The minimum Gasteiger partial charge on any atom is -0.321 e. The van der Waals surface area contributed by atoms with Gasteiger partial charge in [0.2, 0.25) is 0 Å². The number of carbonyl (C=O) groups excluding carboxylic acids is 1. The molecule has 1 aromatic carbocycles. The molecule has 1 aliphatic carbocycles. The maximum Gasteiger partial charge on any atom is 0.267 e. The van der Waals surface area contributed by atoms with E-state index < -0.39 is 0 Å². The number of anilines is 1. The molecule has 1 fully saturated rings. The average Bonchev–Trinajstić information content (AvgIpc) is 3.12. The molecule has 3 aromatic heterocycles. The number of aryl methyl sites for hydroxylation is 1. The van der Waals surface area contributed by atoms with E-state index in [1.165, 1.54) is 11.3 Å². The number of nitrogens with one attached hydrogen (secondary N) is 1. The first-order valence-electron chi connectivity index (χ1n) is 8.88. The largest absolute Gasteiger partial charge is 0.321 e. The van der Waals surface area contributed by atoms with E-state index in [4.69, 9.17) is 0 Å². The lowest BCUT2D eigenvalue weighted by Gasteiger charge is -2.06. The highest BCUT2D eigenvalue weighted by Gasteiger charge is 2.28. The molecular weight excluding hydrogens is 392 g/mol. The van der Waals surface area contributed by atoms with E-state index in [2.05, 4.69) is 25.8 Å². The standard InChI is InChI=1S/C19H16N6OS2/c1-11-16(28-19(20-11)13-8-9-27-10-13)18(26)21-14-4-2-12(3-5-14)17-22-23-24-25(17)15-6-7-15/h2-5,8-10,15H,6-7H2,1H3,(H,21,26). The number of rotatable bonds is 5. The number of hydrogen-bond donors (Lipinski definition) is 1. The molecule has 9 heteroatoms. The van der Waals surface area contributed by atoms with Crippen LogP contribution < -0.4 is 5.32 Å². The van der Waals surface area contributed by atoms with Gasteiger partial charge in [0.25, 0.3) is 5.91 Å². The van der Waals surface area contributed by atoms with E-state index in [-0.39, 0.29) is 5.91 Å². The zero-order valence-corrected chi connectivity index (χ0v) is 16.6. The predicted octanol–water partition coefficient (Wildman–Crippen LogP) is 4.42. The van der Waals surface area contributed by atoms with Gasteiger partial charge in [-0.25, -0.2) is 9.67 Å². The van der Waals surface area contributed by atoms with Gasteiger partial charge >= 0.3 is 0 Å². The first kappa shape index (κ1) is 17.2. The molecule has 4 aromatic rings. The van der Waals surface area contributed by atoms with E-state index in [1.807, 2.05) is 52.7 Å². The summed E-state index contributed by atoms with van der Waals surface area (Å²) >= 11 is 3.03. The molecule has 140 valence electrons.